The summed E-state index contributed by atoms with van der Waals surface area (Å²) in [5, 5.41) is 14.1. The highest BCUT2D eigenvalue weighted by atomic mass is 19.4. The monoisotopic (exact) mass is 457 g/mol. The molecular weight excluding hydrogens is 431 g/mol. The summed E-state index contributed by atoms with van der Waals surface area (Å²) in [5.74, 6) is -0.281. The lowest BCUT2D eigenvalue weighted by molar-refractivity contribution is -0.384. The second-order valence-corrected chi connectivity index (χ2v) is 8.30. The molecule has 9 nitrogen and oxygen atoms in total. The van der Waals surface area contributed by atoms with Crippen LogP contribution >= 0.6 is 0 Å². The first-order valence-corrected chi connectivity index (χ1v) is 10.4. The van der Waals surface area contributed by atoms with Crippen molar-refractivity contribution in [3.8, 4) is 0 Å². The number of imide groups is 1. The van der Waals surface area contributed by atoms with E-state index in [0.717, 1.165) is 25.0 Å². The van der Waals surface area contributed by atoms with Gasteiger partial charge in [-0.05, 0) is 25.5 Å². The van der Waals surface area contributed by atoms with Crippen LogP contribution in [0.1, 0.15) is 38.7 Å². The predicted octanol–water partition coefficient (Wildman–Crippen LogP) is 3.19. The molecule has 0 spiro atoms. The van der Waals surface area contributed by atoms with Gasteiger partial charge in [-0.25, -0.2) is 9.69 Å². The summed E-state index contributed by atoms with van der Waals surface area (Å²) in [6.45, 7) is 5.20. The molecule has 3 amide bonds. The molecule has 0 saturated carbocycles. The quantitative estimate of drug-likeness (QED) is 0.384. The molecule has 2 aliphatic heterocycles. The minimum absolute atomic E-state index is 0.0926. The average molecular weight is 457 g/mol. The van der Waals surface area contributed by atoms with Gasteiger partial charge in [0.15, 0.2) is 0 Å². The van der Waals surface area contributed by atoms with Crippen LogP contribution in [0.3, 0.4) is 0 Å². The number of unbranched alkanes of at least 4 members (excludes halogenated alkanes) is 1. The number of piperazine rings is 1. The second-order valence-electron chi connectivity index (χ2n) is 8.30. The van der Waals surface area contributed by atoms with E-state index < -0.39 is 33.9 Å². The van der Waals surface area contributed by atoms with Gasteiger partial charge in [-0.1, -0.05) is 19.8 Å². The van der Waals surface area contributed by atoms with Crippen LogP contribution in [-0.2, 0) is 11.0 Å². The zero-order chi connectivity index (χ0) is 23.7. The van der Waals surface area contributed by atoms with E-state index in [2.05, 4.69) is 5.32 Å². The number of hydrogen-bond acceptors (Lipinski definition) is 6. The van der Waals surface area contributed by atoms with Crippen LogP contribution in [0.2, 0.25) is 0 Å². The van der Waals surface area contributed by atoms with E-state index in [0.29, 0.717) is 38.7 Å². The van der Waals surface area contributed by atoms with Crippen LogP contribution in [0.25, 0.3) is 0 Å². The van der Waals surface area contributed by atoms with E-state index in [1.807, 2.05) is 11.8 Å². The molecule has 2 saturated heterocycles. The van der Waals surface area contributed by atoms with Crippen molar-refractivity contribution < 1.29 is 27.7 Å². The fourth-order valence-electron chi connectivity index (χ4n) is 4.02. The lowest BCUT2D eigenvalue weighted by Crippen LogP contribution is -2.52. The molecule has 0 unspecified atom stereocenters. The first-order valence-electron chi connectivity index (χ1n) is 10.4. The molecule has 1 atom stereocenters. The molecule has 1 N–H and O–H groups in total. The van der Waals surface area contributed by atoms with Crippen molar-refractivity contribution in [2.45, 2.75) is 44.8 Å². The third-order valence-electron chi connectivity index (χ3n) is 5.93. The van der Waals surface area contributed by atoms with Crippen molar-refractivity contribution >= 4 is 23.3 Å². The Labute approximate surface area is 183 Å². The molecule has 0 radical (unpaired) electrons. The molecule has 2 fully saturated rings. The number of carbonyl (C=O) groups is 2. The predicted molar refractivity (Wildman–Crippen MR) is 110 cm³/mol. The Morgan fingerprint density at radius 1 is 1.19 bits per heavy atom. The van der Waals surface area contributed by atoms with Crippen molar-refractivity contribution in [1.29, 1.82) is 0 Å². The number of urea groups is 1. The number of nitrogens with zero attached hydrogens (tertiary/aromatic N) is 4. The van der Waals surface area contributed by atoms with Gasteiger partial charge in [0.25, 0.3) is 11.6 Å². The summed E-state index contributed by atoms with van der Waals surface area (Å²) in [7, 11) is 0. The van der Waals surface area contributed by atoms with Crippen LogP contribution in [0.15, 0.2) is 18.2 Å². The van der Waals surface area contributed by atoms with E-state index >= 15 is 0 Å². The molecule has 12 heteroatoms. The van der Waals surface area contributed by atoms with Crippen LogP contribution in [0.5, 0.6) is 0 Å². The van der Waals surface area contributed by atoms with Crippen LogP contribution in [-0.4, -0.2) is 65.0 Å². The lowest BCUT2D eigenvalue weighted by atomic mass is 9.95. The van der Waals surface area contributed by atoms with Crippen molar-refractivity contribution in [3.63, 3.8) is 0 Å². The van der Waals surface area contributed by atoms with Crippen LogP contribution < -0.4 is 10.2 Å². The highest BCUT2D eigenvalue weighted by Gasteiger charge is 2.47. The fourth-order valence-corrected chi connectivity index (χ4v) is 4.02. The van der Waals surface area contributed by atoms with E-state index in [1.165, 1.54) is 4.90 Å². The average Bonchev–Trinajstić information content (AvgIpc) is 2.95. The maximum atomic E-state index is 12.9. The molecule has 176 valence electrons. The van der Waals surface area contributed by atoms with E-state index in [-0.39, 0.29) is 18.3 Å². The third kappa shape index (κ3) is 4.79. The number of carbonyl (C=O) groups excluding carboxylic acids is 2. The summed E-state index contributed by atoms with van der Waals surface area (Å²) in [4.78, 5) is 40.3. The number of nitro groups is 1. The summed E-state index contributed by atoms with van der Waals surface area (Å²) in [6.07, 6.45) is -2.41. The first kappa shape index (κ1) is 23.8. The number of anilines is 1. The highest BCUT2D eigenvalue weighted by molar-refractivity contribution is 6.06. The molecule has 32 heavy (non-hydrogen) atoms. The molecule has 1 aromatic carbocycles. The maximum absolute atomic E-state index is 12.9. The summed E-state index contributed by atoms with van der Waals surface area (Å²) < 4.78 is 38.8. The largest absolute Gasteiger partial charge is 0.416 e. The molecule has 2 aliphatic rings. The SMILES string of the molecule is CCCC[C@]1(C)NC(=O)N(CN2CCN(c3ccc(C(F)(F)F)cc3[N+](=O)[O-])CC2)C1=O. The summed E-state index contributed by atoms with van der Waals surface area (Å²) >= 11 is 0. The Morgan fingerprint density at radius 2 is 1.84 bits per heavy atom. The van der Waals surface area contributed by atoms with Gasteiger partial charge >= 0.3 is 12.2 Å². The Hall–Kier alpha value is -2.89. The van der Waals surface area contributed by atoms with Gasteiger partial charge in [-0.2, -0.15) is 13.2 Å². The van der Waals surface area contributed by atoms with E-state index in [1.54, 1.807) is 11.8 Å². The van der Waals surface area contributed by atoms with Crippen LogP contribution in [0.4, 0.5) is 29.3 Å². The van der Waals surface area contributed by atoms with Gasteiger partial charge in [-0.15, -0.1) is 0 Å². The number of hydrogen-bond donors (Lipinski definition) is 1. The molecule has 2 heterocycles. The Balaban J connectivity index is 1.65. The Morgan fingerprint density at radius 3 is 2.41 bits per heavy atom. The zero-order valence-electron chi connectivity index (χ0n) is 17.9. The minimum atomic E-state index is -4.67. The smallest absolute Gasteiger partial charge is 0.363 e. The number of alkyl halides is 3. The Bertz CT molecular complexity index is 902. The number of nitro benzene ring substituents is 1. The number of benzene rings is 1. The maximum Gasteiger partial charge on any atom is 0.416 e. The highest BCUT2D eigenvalue weighted by Crippen LogP contribution is 2.36. The number of halogens is 3. The van der Waals surface area contributed by atoms with Crippen molar-refractivity contribution in [3.05, 3.63) is 33.9 Å². The first-order chi connectivity index (χ1) is 15.0. The number of amides is 3. The summed E-state index contributed by atoms with van der Waals surface area (Å²) in [6, 6.07) is 2.05. The second kappa shape index (κ2) is 8.93. The third-order valence-corrected chi connectivity index (χ3v) is 5.93. The van der Waals surface area contributed by atoms with Crippen molar-refractivity contribution in [2.24, 2.45) is 0 Å². The van der Waals surface area contributed by atoms with Gasteiger partial charge < -0.3 is 10.2 Å². The van der Waals surface area contributed by atoms with E-state index in [4.69, 9.17) is 0 Å². The van der Waals surface area contributed by atoms with Crippen molar-refractivity contribution in [2.75, 3.05) is 37.7 Å². The van der Waals surface area contributed by atoms with Gasteiger partial charge in [0.1, 0.15) is 11.2 Å². The van der Waals surface area contributed by atoms with Crippen LogP contribution in [0, 0.1) is 10.1 Å². The Kier molecular flexibility index (Phi) is 6.63. The summed E-state index contributed by atoms with van der Waals surface area (Å²) in [5.41, 5.74) is -2.48. The topological polar surface area (TPSA) is 99.0 Å². The minimum Gasteiger partial charge on any atom is -0.363 e. The normalized spacial score (nSPS) is 22.4. The lowest BCUT2D eigenvalue weighted by Gasteiger charge is -2.37. The van der Waals surface area contributed by atoms with Gasteiger partial charge in [0, 0.05) is 32.2 Å². The standard InChI is InChI=1S/C20H26F3N5O4/c1-3-4-7-19(2)17(29)27(18(30)24-19)13-25-8-10-26(11-9-25)15-6-5-14(20(21,22)23)12-16(15)28(31)32/h5-6,12H,3-4,7-11,13H2,1-2H3,(H,24,30)/t19-/m0/s1. The number of nitrogens with one attached hydrogen (secondary N) is 1. The molecule has 1 aromatic rings. The molecule has 0 bridgehead atoms. The molecule has 0 aliphatic carbocycles. The van der Waals surface area contributed by atoms with Gasteiger partial charge in [-0.3, -0.25) is 19.8 Å². The number of rotatable bonds is 7. The fraction of sp³-hybridized carbons (Fsp3) is 0.600. The van der Waals surface area contributed by atoms with Crippen molar-refractivity contribution in [1.82, 2.24) is 15.1 Å². The molecule has 3 rings (SSSR count). The van der Waals surface area contributed by atoms with E-state index in [9.17, 15) is 32.9 Å². The van der Waals surface area contributed by atoms with Gasteiger partial charge in [0.2, 0.25) is 0 Å². The zero-order valence-corrected chi connectivity index (χ0v) is 17.9. The van der Waals surface area contributed by atoms with Gasteiger partial charge in [0.05, 0.1) is 17.2 Å². The molecule has 0 aromatic heterocycles. The molecular formula is C20H26F3N5O4.